The van der Waals surface area contributed by atoms with Crippen LogP contribution in [0.1, 0.15) is 21.5 Å². The van der Waals surface area contributed by atoms with Gasteiger partial charge in [0.25, 0.3) is 11.7 Å². The van der Waals surface area contributed by atoms with Gasteiger partial charge in [-0.1, -0.05) is 35.9 Å². The second kappa shape index (κ2) is 4.97. The van der Waals surface area contributed by atoms with Gasteiger partial charge in [0.2, 0.25) is 0 Å². The molecule has 0 aliphatic carbocycles. The smallest absolute Gasteiger partial charge is 0.299 e. The molecule has 0 fully saturated rings. The van der Waals surface area contributed by atoms with E-state index in [2.05, 4.69) is 0 Å². The van der Waals surface area contributed by atoms with Crippen LogP contribution in [0.5, 0.6) is 0 Å². The Hall–Kier alpha value is -2.20. The zero-order chi connectivity index (χ0) is 15.1. The average molecular weight is 304 g/mol. The van der Waals surface area contributed by atoms with E-state index in [1.54, 1.807) is 37.3 Å². The predicted molar refractivity (Wildman–Crippen MR) is 78.1 cm³/mol. The van der Waals surface area contributed by atoms with Crippen LogP contribution in [-0.4, -0.2) is 11.7 Å². The van der Waals surface area contributed by atoms with Crippen molar-refractivity contribution in [2.45, 2.75) is 13.5 Å². The van der Waals surface area contributed by atoms with Gasteiger partial charge in [0.1, 0.15) is 5.82 Å². The summed E-state index contributed by atoms with van der Waals surface area (Å²) in [5, 5.41) is 0.241. The Morgan fingerprint density at radius 3 is 2.57 bits per heavy atom. The standard InChI is InChI=1S/C16H11ClFNO2/c1-9-6-7-11(17)13-14(9)19(16(21)15(13)20)8-10-4-2-3-5-12(10)18/h2-7H,8H2,1H3. The molecule has 0 radical (unpaired) electrons. The van der Waals surface area contributed by atoms with Crippen molar-refractivity contribution in [3.63, 3.8) is 0 Å². The Morgan fingerprint density at radius 1 is 1.14 bits per heavy atom. The first-order chi connectivity index (χ1) is 10.0. The molecule has 2 aromatic rings. The van der Waals surface area contributed by atoms with Gasteiger partial charge in [0, 0.05) is 5.56 Å². The van der Waals surface area contributed by atoms with Gasteiger partial charge in [0.05, 0.1) is 22.8 Å². The number of rotatable bonds is 2. The van der Waals surface area contributed by atoms with Crippen LogP contribution in [0.4, 0.5) is 10.1 Å². The number of Topliss-reactive ketones (excluding diaryl/α,β-unsaturated/α-hetero) is 1. The Morgan fingerprint density at radius 2 is 1.86 bits per heavy atom. The van der Waals surface area contributed by atoms with Crippen molar-refractivity contribution in [3.05, 3.63) is 63.9 Å². The van der Waals surface area contributed by atoms with Crippen molar-refractivity contribution >= 4 is 29.0 Å². The van der Waals surface area contributed by atoms with Crippen LogP contribution < -0.4 is 4.90 Å². The minimum Gasteiger partial charge on any atom is -0.300 e. The molecule has 0 N–H and O–H groups in total. The fraction of sp³-hybridized carbons (Fsp3) is 0.125. The molecular weight excluding hydrogens is 293 g/mol. The van der Waals surface area contributed by atoms with Crippen LogP contribution in [0.15, 0.2) is 36.4 Å². The van der Waals surface area contributed by atoms with Crippen molar-refractivity contribution in [1.82, 2.24) is 0 Å². The molecule has 0 bridgehead atoms. The monoisotopic (exact) mass is 303 g/mol. The lowest BCUT2D eigenvalue weighted by Gasteiger charge is -2.19. The number of amides is 1. The quantitative estimate of drug-likeness (QED) is 0.796. The second-order valence-corrected chi connectivity index (χ2v) is 5.31. The van der Waals surface area contributed by atoms with Gasteiger partial charge in [-0.15, -0.1) is 0 Å². The van der Waals surface area contributed by atoms with Gasteiger partial charge in [-0.25, -0.2) is 4.39 Å². The van der Waals surface area contributed by atoms with Gasteiger partial charge in [-0.3, -0.25) is 14.5 Å². The molecule has 0 atom stereocenters. The zero-order valence-corrected chi connectivity index (χ0v) is 11.9. The highest BCUT2D eigenvalue weighted by molar-refractivity contribution is 6.55. The molecule has 21 heavy (non-hydrogen) atoms. The number of fused-ring (bicyclic) bond motifs is 1. The average Bonchev–Trinajstić information content (AvgIpc) is 2.71. The van der Waals surface area contributed by atoms with E-state index in [0.717, 1.165) is 5.56 Å². The van der Waals surface area contributed by atoms with Gasteiger partial charge >= 0.3 is 0 Å². The van der Waals surface area contributed by atoms with Crippen LogP contribution in [0.3, 0.4) is 0 Å². The van der Waals surface area contributed by atoms with E-state index in [4.69, 9.17) is 11.6 Å². The number of nitrogens with zero attached hydrogens (tertiary/aromatic N) is 1. The normalized spacial score (nSPS) is 13.8. The van der Waals surface area contributed by atoms with E-state index in [1.165, 1.54) is 11.0 Å². The Balaban J connectivity index is 2.10. The second-order valence-electron chi connectivity index (χ2n) is 4.90. The van der Waals surface area contributed by atoms with E-state index < -0.39 is 17.5 Å². The predicted octanol–water partition coefficient (Wildman–Crippen LogP) is 3.52. The maximum absolute atomic E-state index is 13.8. The van der Waals surface area contributed by atoms with E-state index in [1.807, 2.05) is 0 Å². The first-order valence-electron chi connectivity index (χ1n) is 6.39. The van der Waals surface area contributed by atoms with Crippen molar-refractivity contribution in [1.29, 1.82) is 0 Å². The molecule has 1 aliphatic rings. The number of aryl methyl sites for hydroxylation is 1. The molecule has 0 saturated heterocycles. The number of carbonyl (C=O) groups is 2. The summed E-state index contributed by atoms with van der Waals surface area (Å²) < 4.78 is 13.8. The van der Waals surface area contributed by atoms with Crippen molar-refractivity contribution < 1.29 is 14.0 Å². The lowest BCUT2D eigenvalue weighted by Crippen LogP contribution is -2.29. The largest absolute Gasteiger partial charge is 0.300 e. The fourth-order valence-electron chi connectivity index (χ4n) is 2.51. The fourth-order valence-corrected chi connectivity index (χ4v) is 2.75. The third-order valence-electron chi connectivity index (χ3n) is 3.55. The van der Waals surface area contributed by atoms with E-state index >= 15 is 0 Å². The van der Waals surface area contributed by atoms with Crippen LogP contribution in [0.25, 0.3) is 0 Å². The maximum atomic E-state index is 13.8. The van der Waals surface area contributed by atoms with Crippen LogP contribution in [0, 0.1) is 12.7 Å². The highest BCUT2D eigenvalue weighted by atomic mass is 35.5. The van der Waals surface area contributed by atoms with Gasteiger partial charge in [-0.05, 0) is 24.6 Å². The third kappa shape index (κ3) is 2.12. The molecule has 0 aromatic heterocycles. The van der Waals surface area contributed by atoms with Gasteiger partial charge < -0.3 is 0 Å². The first-order valence-corrected chi connectivity index (χ1v) is 6.77. The van der Waals surface area contributed by atoms with Crippen molar-refractivity contribution in [2.75, 3.05) is 4.90 Å². The molecule has 0 saturated carbocycles. The lowest BCUT2D eigenvalue weighted by molar-refractivity contribution is -0.114. The zero-order valence-electron chi connectivity index (χ0n) is 11.2. The first kappa shape index (κ1) is 13.8. The maximum Gasteiger partial charge on any atom is 0.299 e. The Labute approximate surface area is 125 Å². The summed E-state index contributed by atoms with van der Waals surface area (Å²) in [6, 6.07) is 9.50. The molecule has 1 heterocycles. The highest BCUT2D eigenvalue weighted by Crippen LogP contribution is 2.38. The third-order valence-corrected chi connectivity index (χ3v) is 3.87. The molecule has 106 valence electrons. The van der Waals surface area contributed by atoms with Crippen LogP contribution >= 0.6 is 11.6 Å². The lowest BCUT2D eigenvalue weighted by atomic mass is 10.1. The van der Waals surface area contributed by atoms with Gasteiger partial charge in [0.15, 0.2) is 0 Å². The number of ketones is 1. The van der Waals surface area contributed by atoms with Gasteiger partial charge in [-0.2, -0.15) is 0 Å². The minimum absolute atomic E-state index is 0.00539. The number of benzene rings is 2. The number of anilines is 1. The molecule has 5 heteroatoms. The van der Waals surface area contributed by atoms with Crippen LogP contribution in [-0.2, 0) is 11.3 Å². The molecule has 3 nitrogen and oxygen atoms in total. The summed E-state index contributed by atoms with van der Waals surface area (Å²) in [5.41, 5.74) is 1.79. The molecule has 0 spiro atoms. The SMILES string of the molecule is Cc1ccc(Cl)c2c1N(Cc1ccccc1F)C(=O)C2=O. The number of carbonyl (C=O) groups excluding carboxylic acids is 2. The molecule has 3 rings (SSSR count). The number of hydrogen-bond acceptors (Lipinski definition) is 2. The summed E-state index contributed by atoms with van der Waals surface area (Å²) in [6.45, 7) is 1.79. The summed E-state index contributed by atoms with van der Waals surface area (Å²) in [6.07, 6.45) is 0. The molecule has 0 unspecified atom stereocenters. The highest BCUT2D eigenvalue weighted by Gasteiger charge is 2.38. The summed E-state index contributed by atoms with van der Waals surface area (Å²) in [4.78, 5) is 25.6. The molecule has 1 aliphatic heterocycles. The topological polar surface area (TPSA) is 37.4 Å². The summed E-state index contributed by atoms with van der Waals surface area (Å²) >= 11 is 6.03. The number of hydrogen-bond donors (Lipinski definition) is 0. The minimum atomic E-state index is -0.676. The molecule has 1 amide bonds. The van der Waals surface area contributed by atoms with Crippen LogP contribution in [0.2, 0.25) is 5.02 Å². The van der Waals surface area contributed by atoms with E-state index in [0.29, 0.717) is 11.3 Å². The Bertz CT molecular complexity index is 773. The summed E-state index contributed by atoms with van der Waals surface area (Å²) in [5.74, 6) is -1.73. The van der Waals surface area contributed by atoms with Crippen molar-refractivity contribution in [3.8, 4) is 0 Å². The molecular formula is C16H11ClFNO2. The van der Waals surface area contributed by atoms with Crippen molar-refractivity contribution in [2.24, 2.45) is 0 Å². The Kier molecular flexibility index (Phi) is 3.26. The van der Waals surface area contributed by atoms with E-state index in [9.17, 15) is 14.0 Å². The van der Waals surface area contributed by atoms with E-state index in [-0.39, 0.29) is 17.1 Å². The molecule has 2 aromatic carbocycles. The summed E-state index contributed by atoms with van der Waals surface area (Å²) in [7, 11) is 0. The number of halogens is 2.